The Morgan fingerprint density at radius 3 is 2.56 bits per heavy atom. The largest absolute Gasteiger partial charge is 0.306 e. The summed E-state index contributed by atoms with van der Waals surface area (Å²) in [6, 6.07) is 7.30. The van der Waals surface area contributed by atoms with Crippen LogP contribution in [0.25, 0.3) is 0 Å². The summed E-state index contributed by atoms with van der Waals surface area (Å²) in [5.74, 6) is 0.593. The van der Waals surface area contributed by atoms with Crippen molar-refractivity contribution < 1.29 is 0 Å². The Labute approximate surface area is 98.5 Å². The van der Waals surface area contributed by atoms with Crippen LogP contribution in [0, 0.1) is 5.92 Å². The highest BCUT2D eigenvalue weighted by molar-refractivity contribution is 5.09. The van der Waals surface area contributed by atoms with E-state index in [1.807, 2.05) is 12.3 Å². The minimum absolute atomic E-state index is 0.407. The molecule has 1 aliphatic rings. The molecule has 88 valence electrons. The van der Waals surface area contributed by atoms with Gasteiger partial charge in [0.15, 0.2) is 0 Å². The minimum atomic E-state index is 0.407. The lowest BCUT2D eigenvalue weighted by Crippen LogP contribution is -2.34. The highest BCUT2D eigenvalue weighted by atomic mass is 15.0. The molecule has 1 atom stereocenters. The average molecular weight is 218 g/mol. The van der Waals surface area contributed by atoms with Gasteiger partial charge in [-0.2, -0.15) is 0 Å². The number of pyridine rings is 1. The van der Waals surface area contributed by atoms with E-state index in [4.69, 9.17) is 0 Å². The van der Waals surface area contributed by atoms with Crippen molar-refractivity contribution in [3.63, 3.8) is 0 Å². The molecule has 1 saturated carbocycles. The predicted molar refractivity (Wildman–Crippen MR) is 67.2 cm³/mol. The Hall–Kier alpha value is -0.890. The first-order valence-corrected chi connectivity index (χ1v) is 6.44. The van der Waals surface area contributed by atoms with Gasteiger partial charge in [-0.3, -0.25) is 4.98 Å². The van der Waals surface area contributed by atoms with Gasteiger partial charge >= 0.3 is 0 Å². The summed E-state index contributed by atoms with van der Waals surface area (Å²) in [4.78, 5) is 4.48. The number of nitrogens with zero attached hydrogens (tertiary/aromatic N) is 1. The van der Waals surface area contributed by atoms with E-state index in [9.17, 15) is 0 Å². The first-order chi connectivity index (χ1) is 7.77. The highest BCUT2D eigenvalue weighted by Gasteiger charge is 2.22. The van der Waals surface area contributed by atoms with Crippen molar-refractivity contribution in [3.8, 4) is 0 Å². The van der Waals surface area contributed by atoms with Crippen LogP contribution in [0.15, 0.2) is 24.4 Å². The van der Waals surface area contributed by atoms with Gasteiger partial charge in [0, 0.05) is 12.2 Å². The second kappa shape index (κ2) is 5.44. The monoisotopic (exact) mass is 218 g/mol. The van der Waals surface area contributed by atoms with Gasteiger partial charge in [0.2, 0.25) is 0 Å². The minimum Gasteiger partial charge on any atom is -0.306 e. The molecule has 1 fully saturated rings. The van der Waals surface area contributed by atoms with E-state index in [-0.39, 0.29) is 0 Å². The maximum atomic E-state index is 4.48. The van der Waals surface area contributed by atoms with E-state index < -0.39 is 0 Å². The van der Waals surface area contributed by atoms with Crippen molar-refractivity contribution in [1.82, 2.24) is 10.3 Å². The molecule has 1 N–H and O–H groups in total. The third-order valence-corrected chi connectivity index (χ3v) is 3.44. The van der Waals surface area contributed by atoms with E-state index in [0.29, 0.717) is 18.0 Å². The molecular formula is C14H22N2. The fraction of sp³-hybridized carbons (Fsp3) is 0.643. The zero-order valence-electron chi connectivity index (χ0n) is 10.3. The Morgan fingerprint density at radius 1 is 1.25 bits per heavy atom. The van der Waals surface area contributed by atoms with Gasteiger partial charge < -0.3 is 5.32 Å². The van der Waals surface area contributed by atoms with Gasteiger partial charge in [-0.25, -0.2) is 0 Å². The molecule has 0 aromatic carbocycles. The average Bonchev–Trinajstić information content (AvgIpc) is 2.79. The van der Waals surface area contributed by atoms with Gasteiger partial charge in [-0.05, 0) is 30.9 Å². The lowest BCUT2D eigenvalue weighted by Gasteiger charge is -2.25. The highest BCUT2D eigenvalue weighted by Crippen LogP contribution is 2.25. The molecule has 1 heterocycles. The van der Waals surface area contributed by atoms with Gasteiger partial charge in [0.05, 0.1) is 11.7 Å². The predicted octanol–water partition coefficient (Wildman–Crippen LogP) is 3.31. The summed E-state index contributed by atoms with van der Waals surface area (Å²) < 4.78 is 0. The van der Waals surface area contributed by atoms with Crippen molar-refractivity contribution in [2.45, 2.75) is 51.6 Å². The van der Waals surface area contributed by atoms with Crippen LogP contribution >= 0.6 is 0 Å². The summed E-state index contributed by atoms with van der Waals surface area (Å²) in [7, 11) is 0. The van der Waals surface area contributed by atoms with E-state index >= 15 is 0 Å². The van der Waals surface area contributed by atoms with Crippen molar-refractivity contribution in [1.29, 1.82) is 0 Å². The lowest BCUT2D eigenvalue weighted by molar-refractivity contribution is 0.354. The molecule has 1 unspecified atom stereocenters. The summed E-state index contributed by atoms with van der Waals surface area (Å²) >= 11 is 0. The second-order valence-electron chi connectivity index (χ2n) is 5.12. The molecule has 0 saturated heterocycles. The zero-order chi connectivity index (χ0) is 11.4. The quantitative estimate of drug-likeness (QED) is 0.838. The van der Waals surface area contributed by atoms with Crippen molar-refractivity contribution in [2.24, 2.45) is 5.92 Å². The van der Waals surface area contributed by atoms with Gasteiger partial charge in [0.1, 0.15) is 0 Å². The molecule has 0 radical (unpaired) electrons. The van der Waals surface area contributed by atoms with Crippen molar-refractivity contribution in [2.75, 3.05) is 0 Å². The van der Waals surface area contributed by atoms with E-state index in [1.54, 1.807) is 0 Å². The first kappa shape index (κ1) is 11.6. The molecule has 0 amide bonds. The van der Waals surface area contributed by atoms with Crippen LogP contribution in [0.3, 0.4) is 0 Å². The lowest BCUT2D eigenvalue weighted by atomic mass is 9.99. The Balaban J connectivity index is 2.05. The molecule has 0 spiro atoms. The molecule has 1 aromatic heterocycles. The van der Waals surface area contributed by atoms with Crippen LogP contribution in [0.2, 0.25) is 0 Å². The standard InChI is InChI=1S/C14H22N2/c1-11(2)14(13-9-5-6-10-15-13)16-12-7-3-4-8-12/h5-6,9-12,14,16H,3-4,7-8H2,1-2H3. The van der Waals surface area contributed by atoms with Gasteiger partial charge in [-0.15, -0.1) is 0 Å². The van der Waals surface area contributed by atoms with Crippen molar-refractivity contribution in [3.05, 3.63) is 30.1 Å². The van der Waals surface area contributed by atoms with Crippen LogP contribution in [-0.4, -0.2) is 11.0 Å². The SMILES string of the molecule is CC(C)C(NC1CCCC1)c1ccccn1. The number of aromatic nitrogens is 1. The summed E-state index contributed by atoms with van der Waals surface area (Å²) in [6.45, 7) is 4.53. The Kier molecular flexibility index (Phi) is 3.94. The van der Waals surface area contributed by atoms with Gasteiger partial charge in [-0.1, -0.05) is 32.8 Å². The van der Waals surface area contributed by atoms with Crippen LogP contribution in [-0.2, 0) is 0 Å². The molecular weight excluding hydrogens is 196 g/mol. The number of hydrogen-bond acceptors (Lipinski definition) is 2. The Bertz CT molecular complexity index is 302. The van der Waals surface area contributed by atoms with E-state index in [0.717, 1.165) is 0 Å². The molecule has 1 aliphatic carbocycles. The molecule has 0 bridgehead atoms. The molecule has 2 nitrogen and oxygen atoms in total. The maximum absolute atomic E-state index is 4.48. The topological polar surface area (TPSA) is 24.9 Å². The normalized spacial score (nSPS) is 19.2. The molecule has 16 heavy (non-hydrogen) atoms. The number of hydrogen-bond donors (Lipinski definition) is 1. The van der Waals surface area contributed by atoms with Crippen LogP contribution in [0.4, 0.5) is 0 Å². The molecule has 2 rings (SSSR count). The van der Waals surface area contributed by atoms with E-state index in [1.165, 1.54) is 31.4 Å². The fourth-order valence-corrected chi connectivity index (χ4v) is 2.53. The third kappa shape index (κ3) is 2.82. The Morgan fingerprint density at radius 2 is 2.00 bits per heavy atom. The molecule has 1 aromatic rings. The summed E-state index contributed by atoms with van der Waals surface area (Å²) in [5, 5.41) is 3.77. The number of nitrogens with one attached hydrogen (secondary N) is 1. The zero-order valence-corrected chi connectivity index (χ0v) is 10.3. The van der Waals surface area contributed by atoms with Crippen LogP contribution in [0.1, 0.15) is 51.3 Å². The fourth-order valence-electron chi connectivity index (χ4n) is 2.53. The smallest absolute Gasteiger partial charge is 0.0575 e. The first-order valence-electron chi connectivity index (χ1n) is 6.44. The summed E-state index contributed by atoms with van der Waals surface area (Å²) in [5.41, 5.74) is 1.18. The maximum Gasteiger partial charge on any atom is 0.0575 e. The van der Waals surface area contributed by atoms with Crippen LogP contribution in [0.5, 0.6) is 0 Å². The summed E-state index contributed by atoms with van der Waals surface area (Å²) in [6.07, 6.45) is 7.31. The van der Waals surface area contributed by atoms with Crippen molar-refractivity contribution >= 4 is 0 Å². The molecule has 0 aliphatic heterocycles. The second-order valence-corrected chi connectivity index (χ2v) is 5.12. The van der Waals surface area contributed by atoms with Gasteiger partial charge in [0.25, 0.3) is 0 Å². The third-order valence-electron chi connectivity index (χ3n) is 3.44. The molecule has 2 heteroatoms. The van der Waals surface area contributed by atoms with E-state index in [2.05, 4.69) is 36.3 Å². The number of rotatable bonds is 4. The van der Waals surface area contributed by atoms with Crippen LogP contribution < -0.4 is 5.32 Å².